The van der Waals surface area contributed by atoms with Gasteiger partial charge in [-0.2, -0.15) is 4.98 Å². The lowest BCUT2D eigenvalue weighted by atomic mass is 10.1. The van der Waals surface area contributed by atoms with Crippen molar-refractivity contribution in [2.45, 2.75) is 39.2 Å². The fourth-order valence-electron chi connectivity index (χ4n) is 2.72. The molecule has 1 aromatic rings. The van der Waals surface area contributed by atoms with Crippen molar-refractivity contribution in [3.05, 3.63) is 12.3 Å². The molecule has 1 fully saturated rings. The Hall–Kier alpha value is -1.60. The van der Waals surface area contributed by atoms with Crippen LogP contribution in [0.1, 0.15) is 33.1 Å². The second-order valence-corrected chi connectivity index (χ2v) is 5.69. The molecule has 0 radical (unpaired) electrons. The molecular weight excluding hydrogens is 330 g/mol. The van der Waals surface area contributed by atoms with E-state index < -0.39 is 0 Å². The van der Waals surface area contributed by atoms with Crippen LogP contribution < -0.4 is 15.4 Å². The fraction of sp³-hybridized carbons (Fsp3) is 0.688. The molecule has 0 saturated carbocycles. The summed E-state index contributed by atoms with van der Waals surface area (Å²) in [6.07, 6.45) is 4.24. The van der Waals surface area contributed by atoms with Crippen molar-refractivity contribution >= 4 is 24.3 Å². The van der Waals surface area contributed by atoms with E-state index >= 15 is 0 Å². The third-order valence-corrected chi connectivity index (χ3v) is 3.92. The van der Waals surface area contributed by atoms with Crippen LogP contribution >= 0.6 is 12.4 Å². The second kappa shape index (κ2) is 10.3. The third kappa shape index (κ3) is 5.49. The number of amides is 1. The number of carbonyl (C=O) groups is 1. The number of ether oxygens (including phenoxy) is 1. The molecule has 1 aliphatic rings. The van der Waals surface area contributed by atoms with Crippen LogP contribution in [0.5, 0.6) is 5.88 Å². The Kier molecular flexibility index (Phi) is 8.78. The molecule has 7 nitrogen and oxygen atoms in total. The Bertz CT molecular complexity index is 517. The minimum atomic E-state index is -0.385. The van der Waals surface area contributed by atoms with Crippen LogP contribution in [0.2, 0.25) is 0 Å². The van der Waals surface area contributed by atoms with Gasteiger partial charge in [-0.1, -0.05) is 13.3 Å². The first-order valence-corrected chi connectivity index (χ1v) is 8.40. The van der Waals surface area contributed by atoms with Gasteiger partial charge in [-0.25, -0.2) is 4.98 Å². The zero-order valence-electron chi connectivity index (χ0n) is 14.5. The highest BCUT2D eigenvalue weighted by atomic mass is 35.5. The van der Waals surface area contributed by atoms with Gasteiger partial charge < -0.3 is 20.3 Å². The third-order valence-electron chi connectivity index (χ3n) is 3.92. The van der Waals surface area contributed by atoms with Gasteiger partial charge in [0.2, 0.25) is 17.7 Å². The smallest absolute Gasteiger partial charge is 0.239 e. The van der Waals surface area contributed by atoms with Crippen molar-refractivity contribution in [3.8, 4) is 5.88 Å². The lowest BCUT2D eigenvalue weighted by Crippen LogP contribution is -2.45. The summed E-state index contributed by atoms with van der Waals surface area (Å²) in [4.78, 5) is 25.1. The summed E-state index contributed by atoms with van der Waals surface area (Å²) in [5, 5.41) is 0. The number of nitrogens with two attached hydrogens (primary N) is 1. The van der Waals surface area contributed by atoms with Crippen LogP contribution in [0.25, 0.3) is 0 Å². The van der Waals surface area contributed by atoms with E-state index in [1.807, 2.05) is 18.7 Å². The first-order valence-electron chi connectivity index (χ1n) is 8.40. The summed E-state index contributed by atoms with van der Waals surface area (Å²) < 4.78 is 5.43. The fourth-order valence-corrected chi connectivity index (χ4v) is 2.72. The molecule has 0 aromatic carbocycles. The molecule has 136 valence electrons. The predicted octanol–water partition coefficient (Wildman–Crippen LogP) is 1.46. The number of aromatic nitrogens is 2. The van der Waals surface area contributed by atoms with Crippen molar-refractivity contribution in [2.75, 3.05) is 37.7 Å². The highest BCUT2D eigenvalue weighted by Gasteiger charge is 2.24. The largest absolute Gasteiger partial charge is 0.478 e. The molecule has 1 atom stereocenters. The Morgan fingerprint density at radius 3 is 2.83 bits per heavy atom. The van der Waals surface area contributed by atoms with E-state index in [0.717, 1.165) is 32.4 Å². The number of hydrogen-bond acceptors (Lipinski definition) is 6. The number of rotatable bonds is 6. The van der Waals surface area contributed by atoms with Gasteiger partial charge in [-0.05, 0) is 19.8 Å². The van der Waals surface area contributed by atoms with E-state index in [1.54, 1.807) is 12.3 Å². The first kappa shape index (κ1) is 20.4. The molecule has 1 aliphatic heterocycles. The number of nitrogens with zero attached hydrogens (tertiary/aromatic N) is 4. The molecule has 0 spiro atoms. The molecule has 0 aliphatic carbocycles. The van der Waals surface area contributed by atoms with Crippen LogP contribution in [-0.4, -0.2) is 59.6 Å². The Balaban J connectivity index is 0.00000288. The van der Waals surface area contributed by atoms with Crippen molar-refractivity contribution in [1.29, 1.82) is 0 Å². The zero-order valence-corrected chi connectivity index (χ0v) is 15.3. The van der Waals surface area contributed by atoms with Crippen molar-refractivity contribution in [1.82, 2.24) is 14.9 Å². The van der Waals surface area contributed by atoms with Gasteiger partial charge in [0, 0.05) is 38.4 Å². The van der Waals surface area contributed by atoms with Gasteiger partial charge in [0.15, 0.2) is 0 Å². The quantitative estimate of drug-likeness (QED) is 0.829. The molecule has 2 rings (SSSR count). The van der Waals surface area contributed by atoms with E-state index in [0.29, 0.717) is 31.5 Å². The lowest BCUT2D eigenvalue weighted by Gasteiger charge is -2.24. The Labute approximate surface area is 150 Å². The number of hydrogen-bond donors (Lipinski definition) is 1. The minimum absolute atomic E-state index is 0. The maximum absolute atomic E-state index is 12.4. The summed E-state index contributed by atoms with van der Waals surface area (Å²) >= 11 is 0. The van der Waals surface area contributed by atoms with E-state index in [4.69, 9.17) is 10.5 Å². The molecule has 8 heteroatoms. The maximum Gasteiger partial charge on any atom is 0.239 e. The second-order valence-electron chi connectivity index (χ2n) is 5.69. The standard InChI is InChI=1S/C16H27N5O2.ClH/c1-3-6-13(17)15(22)20-9-5-10-21(12-11-20)16-18-8-7-14(19-16)23-4-2;/h7-8,13H,3-6,9-12,17H2,1-2H3;1H. The van der Waals surface area contributed by atoms with Crippen molar-refractivity contribution < 1.29 is 9.53 Å². The van der Waals surface area contributed by atoms with Crippen LogP contribution in [0, 0.1) is 0 Å². The number of anilines is 1. The highest BCUT2D eigenvalue weighted by molar-refractivity contribution is 5.85. The van der Waals surface area contributed by atoms with Crippen molar-refractivity contribution in [2.24, 2.45) is 5.73 Å². The van der Waals surface area contributed by atoms with Crippen molar-refractivity contribution in [3.63, 3.8) is 0 Å². The van der Waals surface area contributed by atoms with E-state index in [2.05, 4.69) is 14.9 Å². The monoisotopic (exact) mass is 357 g/mol. The van der Waals surface area contributed by atoms with E-state index in [9.17, 15) is 4.79 Å². The summed E-state index contributed by atoms with van der Waals surface area (Å²) in [5.41, 5.74) is 5.96. The van der Waals surface area contributed by atoms with E-state index in [1.165, 1.54) is 0 Å². The molecular formula is C16H28ClN5O2. The minimum Gasteiger partial charge on any atom is -0.478 e. The van der Waals surface area contributed by atoms with Crippen LogP contribution in [0.3, 0.4) is 0 Å². The molecule has 2 heterocycles. The van der Waals surface area contributed by atoms with Gasteiger partial charge in [0.1, 0.15) is 0 Å². The first-order chi connectivity index (χ1) is 11.2. The number of halogens is 1. The zero-order chi connectivity index (χ0) is 16.7. The molecule has 1 unspecified atom stereocenters. The van der Waals surface area contributed by atoms with Gasteiger partial charge >= 0.3 is 0 Å². The van der Waals surface area contributed by atoms with Gasteiger partial charge in [-0.15, -0.1) is 12.4 Å². The molecule has 24 heavy (non-hydrogen) atoms. The van der Waals surface area contributed by atoms with Crippen LogP contribution in [0.15, 0.2) is 12.3 Å². The Morgan fingerprint density at radius 1 is 1.33 bits per heavy atom. The van der Waals surface area contributed by atoms with Gasteiger partial charge in [0.05, 0.1) is 12.6 Å². The summed E-state index contributed by atoms with van der Waals surface area (Å²) in [7, 11) is 0. The number of carbonyl (C=O) groups excluding carboxylic acids is 1. The summed E-state index contributed by atoms with van der Waals surface area (Å²) in [5.74, 6) is 1.29. The average Bonchev–Trinajstić information content (AvgIpc) is 2.81. The normalized spacial score (nSPS) is 16.1. The highest BCUT2D eigenvalue weighted by Crippen LogP contribution is 2.15. The Morgan fingerprint density at radius 2 is 2.12 bits per heavy atom. The average molecular weight is 358 g/mol. The molecule has 0 bridgehead atoms. The van der Waals surface area contributed by atoms with Gasteiger partial charge in [-0.3, -0.25) is 4.79 Å². The molecule has 1 amide bonds. The topological polar surface area (TPSA) is 84.6 Å². The molecule has 1 saturated heterocycles. The lowest BCUT2D eigenvalue weighted by molar-refractivity contribution is -0.132. The summed E-state index contributed by atoms with van der Waals surface area (Å²) in [6, 6.07) is 1.37. The van der Waals surface area contributed by atoms with Crippen LogP contribution in [-0.2, 0) is 4.79 Å². The molecule has 2 N–H and O–H groups in total. The molecule has 1 aromatic heterocycles. The van der Waals surface area contributed by atoms with E-state index in [-0.39, 0.29) is 24.4 Å². The maximum atomic E-state index is 12.4. The van der Waals surface area contributed by atoms with Crippen LogP contribution in [0.4, 0.5) is 5.95 Å². The SMILES string of the molecule is CCCC(N)C(=O)N1CCCN(c2nccc(OCC)n2)CC1.Cl. The predicted molar refractivity (Wildman–Crippen MR) is 96.7 cm³/mol. The summed E-state index contributed by atoms with van der Waals surface area (Å²) in [6.45, 7) is 7.46. The van der Waals surface area contributed by atoms with Gasteiger partial charge in [0.25, 0.3) is 0 Å².